The molecule has 20 heavy (non-hydrogen) atoms. The highest BCUT2D eigenvalue weighted by Gasteiger charge is 2.22. The molecule has 4 heteroatoms. The fraction of sp³-hybridized carbons (Fsp3) is 0.312. The maximum Gasteiger partial charge on any atom is 0.168 e. The van der Waals surface area contributed by atoms with Gasteiger partial charge < -0.3 is 10.5 Å². The van der Waals surface area contributed by atoms with Gasteiger partial charge in [-0.2, -0.15) is 0 Å². The topological polar surface area (TPSA) is 52.3 Å². The summed E-state index contributed by atoms with van der Waals surface area (Å²) in [5.74, 6) is 0.875. The fourth-order valence-corrected chi connectivity index (χ4v) is 3.23. The van der Waals surface area contributed by atoms with Gasteiger partial charge in [-0.1, -0.05) is 13.8 Å². The Hall–Kier alpha value is -1.81. The van der Waals surface area contributed by atoms with Gasteiger partial charge in [-0.05, 0) is 42.3 Å². The molecule has 106 valence electrons. The minimum absolute atomic E-state index is 0.0469. The number of rotatable bonds is 4. The molecule has 0 unspecified atom stereocenters. The molecule has 0 aliphatic carbocycles. The second kappa shape index (κ2) is 5.67. The molecule has 1 aromatic heterocycles. The molecule has 1 heterocycles. The Bertz CT molecular complexity index is 627. The van der Waals surface area contributed by atoms with Crippen LogP contribution in [-0.4, -0.2) is 12.9 Å². The van der Waals surface area contributed by atoms with Gasteiger partial charge in [-0.25, -0.2) is 0 Å². The standard InChI is InChI=1S/C16H19NO2S/c1-9(2)14(18)13-10(3)15(20-16(13)17)11-5-7-12(19-4)8-6-11/h5-9H,17H2,1-4H3. The van der Waals surface area contributed by atoms with Crippen molar-refractivity contribution >= 4 is 22.1 Å². The summed E-state index contributed by atoms with van der Waals surface area (Å²) < 4.78 is 5.16. The van der Waals surface area contributed by atoms with E-state index < -0.39 is 0 Å². The molecule has 2 rings (SSSR count). The van der Waals surface area contributed by atoms with Crippen LogP contribution in [0.4, 0.5) is 5.00 Å². The molecular weight excluding hydrogens is 270 g/mol. The predicted octanol–water partition coefficient (Wildman–Crippen LogP) is 4.15. The number of nitrogens with two attached hydrogens (primary N) is 1. The Morgan fingerprint density at radius 2 is 1.85 bits per heavy atom. The maximum absolute atomic E-state index is 12.2. The molecule has 3 nitrogen and oxygen atoms in total. The van der Waals surface area contributed by atoms with Gasteiger partial charge >= 0.3 is 0 Å². The zero-order valence-electron chi connectivity index (χ0n) is 12.2. The third-order valence-corrected chi connectivity index (χ3v) is 4.47. The lowest BCUT2D eigenvalue weighted by Gasteiger charge is -2.06. The number of carbonyl (C=O) groups is 1. The van der Waals surface area contributed by atoms with Gasteiger partial charge in [0, 0.05) is 10.8 Å². The number of methoxy groups -OCH3 is 1. The molecule has 0 spiro atoms. The third-order valence-electron chi connectivity index (χ3n) is 3.30. The zero-order chi connectivity index (χ0) is 14.9. The van der Waals surface area contributed by atoms with Crippen LogP contribution in [0, 0.1) is 12.8 Å². The first-order valence-corrected chi connectivity index (χ1v) is 7.34. The molecule has 0 fully saturated rings. The molecule has 0 bridgehead atoms. The number of hydrogen-bond acceptors (Lipinski definition) is 4. The predicted molar refractivity (Wildman–Crippen MR) is 84.6 cm³/mol. The molecular formula is C16H19NO2S. The van der Waals surface area contributed by atoms with E-state index in [0.29, 0.717) is 10.6 Å². The molecule has 2 aromatic rings. The van der Waals surface area contributed by atoms with E-state index in [1.165, 1.54) is 11.3 Å². The van der Waals surface area contributed by atoms with Gasteiger partial charge in [0.05, 0.1) is 17.7 Å². The van der Waals surface area contributed by atoms with Crippen LogP contribution in [0.1, 0.15) is 29.8 Å². The summed E-state index contributed by atoms with van der Waals surface area (Å²) in [6.07, 6.45) is 0. The van der Waals surface area contributed by atoms with E-state index in [0.717, 1.165) is 21.8 Å². The van der Waals surface area contributed by atoms with Crippen molar-refractivity contribution in [3.05, 3.63) is 35.4 Å². The van der Waals surface area contributed by atoms with Crippen LogP contribution in [0.5, 0.6) is 5.75 Å². The van der Waals surface area contributed by atoms with E-state index in [-0.39, 0.29) is 11.7 Å². The van der Waals surface area contributed by atoms with Crippen LogP contribution >= 0.6 is 11.3 Å². The Labute approximate surface area is 123 Å². The van der Waals surface area contributed by atoms with Gasteiger partial charge in [-0.3, -0.25) is 4.79 Å². The second-order valence-electron chi connectivity index (χ2n) is 5.04. The minimum Gasteiger partial charge on any atom is -0.497 e. The van der Waals surface area contributed by atoms with Gasteiger partial charge in [0.1, 0.15) is 5.75 Å². The molecule has 0 aliphatic rings. The number of Topliss-reactive ketones (excluding diaryl/α,β-unsaturated/α-hetero) is 1. The average Bonchev–Trinajstić information content (AvgIpc) is 2.73. The lowest BCUT2D eigenvalue weighted by molar-refractivity contribution is 0.0940. The smallest absolute Gasteiger partial charge is 0.168 e. The lowest BCUT2D eigenvalue weighted by atomic mass is 9.97. The Balaban J connectivity index is 2.48. The van der Waals surface area contributed by atoms with E-state index in [4.69, 9.17) is 10.5 Å². The summed E-state index contributed by atoms with van der Waals surface area (Å²) in [4.78, 5) is 13.3. The number of carbonyl (C=O) groups excluding carboxylic acids is 1. The van der Waals surface area contributed by atoms with Crippen LogP contribution in [0.25, 0.3) is 10.4 Å². The normalized spacial score (nSPS) is 10.8. The van der Waals surface area contributed by atoms with Crippen molar-refractivity contribution in [1.29, 1.82) is 0 Å². The molecule has 1 aromatic carbocycles. The highest BCUT2D eigenvalue weighted by molar-refractivity contribution is 7.19. The SMILES string of the molecule is COc1ccc(-c2sc(N)c(C(=O)C(C)C)c2C)cc1. The first-order valence-electron chi connectivity index (χ1n) is 6.53. The van der Waals surface area contributed by atoms with Gasteiger partial charge in [0.25, 0.3) is 0 Å². The Morgan fingerprint density at radius 1 is 1.25 bits per heavy atom. The maximum atomic E-state index is 12.2. The van der Waals surface area contributed by atoms with E-state index in [1.807, 2.05) is 45.0 Å². The molecule has 0 amide bonds. The first-order chi connectivity index (χ1) is 9.45. The molecule has 0 atom stereocenters. The van der Waals surface area contributed by atoms with Crippen LogP contribution in [0.15, 0.2) is 24.3 Å². The Kier molecular flexibility index (Phi) is 4.14. The van der Waals surface area contributed by atoms with Crippen LogP contribution < -0.4 is 10.5 Å². The van der Waals surface area contributed by atoms with Crippen molar-refractivity contribution in [2.24, 2.45) is 5.92 Å². The van der Waals surface area contributed by atoms with E-state index >= 15 is 0 Å². The monoisotopic (exact) mass is 289 g/mol. The number of thiophene rings is 1. The van der Waals surface area contributed by atoms with Crippen molar-refractivity contribution in [3.8, 4) is 16.2 Å². The van der Waals surface area contributed by atoms with E-state index in [1.54, 1.807) is 7.11 Å². The summed E-state index contributed by atoms with van der Waals surface area (Å²) in [5, 5.41) is 0.604. The van der Waals surface area contributed by atoms with Crippen molar-refractivity contribution in [2.75, 3.05) is 12.8 Å². The van der Waals surface area contributed by atoms with Crippen molar-refractivity contribution in [3.63, 3.8) is 0 Å². The van der Waals surface area contributed by atoms with Crippen molar-refractivity contribution < 1.29 is 9.53 Å². The number of anilines is 1. The summed E-state index contributed by atoms with van der Waals surface area (Å²) in [5.41, 5.74) is 8.75. The molecule has 0 saturated carbocycles. The van der Waals surface area contributed by atoms with Gasteiger partial charge in [-0.15, -0.1) is 11.3 Å². The number of ether oxygens (including phenoxy) is 1. The van der Waals surface area contributed by atoms with Crippen molar-refractivity contribution in [2.45, 2.75) is 20.8 Å². The Morgan fingerprint density at radius 3 is 2.35 bits per heavy atom. The van der Waals surface area contributed by atoms with Crippen LogP contribution in [0.3, 0.4) is 0 Å². The van der Waals surface area contributed by atoms with E-state index in [9.17, 15) is 4.79 Å². The van der Waals surface area contributed by atoms with Crippen molar-refractivity contribution in [1.82, 2.24) is 0 Å². The zero-order valence-corrected chi connectivity index (χ0v) is 13.0. The van der Waals surface area contributed by atoms with E-state index in [2.05, 4.69) is 0 Å². The quantitative estimate of drug-likeness (QED) is 0.860. The number of nitrogen functional groups attached to an aromatic ring is 1. The largest absolute Gasteiger partial charge is 0.497 e. The summed E-state index contributed by atoms with van der Waals surface area (Å²) in [6, 6.07) is 7.80. The van der Waals surface area contributed by atoms with Crippen LogP contribution in [-0.2, 0) is 0 Å². The minimum atomic E-state index is -0.0469. The third kappa shape index (κ3) is 2.56. The number of benzene rings is 1. The highest BCUT2D eigenvalue weighted by Crippen LogP contribution is 2.39. The number of ketones is 1. The summed E-state index contributed by atoms with van der Waals surface area (Å²) in [6.45, 7) is 5.75. The van der Waals surface area contributed by atoms with Crippen LogP contribution in [0.2, 0.25) is 0 Å². The molecule has 0 saturated heterocycles. The average molecular weight is 289 g/mol. The first kappa shape index (κ1) is 14.6. The molecule has 0 radical (unpaired) electrons. The fourth-order valence-electron chi connectivity index (χ4n) is 2.15. The summed E-state index contributed by atoms with van der Waals surface area (Å²) in [7, 11) is 1.64. The number of hydrogen-bond donors (Lipinski definition) is 1. The van der Waals surface area contributed by atoms with Gasteiger partial charge in [0.2, 0.25) is 0 Å². The van der Waals surface area contributed by atoms with Gasteiger partial charge in [0.15, 0.2) is 5.78 Å². The molecule has 0 aliphatic heterocycles. The second-order valence-corrected chi connectivity index (χ2v) is 6.10. The molecule has 2 N–H and O–H groups in total. The summed E-state index contributed by atoms with van der Waals surface area (Å²) >= 11 is 1.47. The lowest BCUT2D eigenvalue weighted by Crippen LogP contribution is -2.09. The highest BCUT2D eigenvalue weighted by atomic mass is 32.1.